The number of carbonyl (C=O) groups excluding carboxylic acids is 3. The van der Waals surface area contributed by atoms with Crippen LogP contribution in [0.5, 0.6) is 5.75 Å². The van der Waals surface area contributed by atoms with Gasteiger partial charge in [-0.15, -0.1) is 0 Å². The SMILES string of the molecule is C=C[C@@H](Oc1ccc(C[C@H](NC(=O)OC(C)(C)C)C(=O)N[C@@H](Cc2ccccc2)C(=O)OC(C)(C)C)cc1)C(=C)O[Si](C)(C)C(C)(C)C. The van der Waals surface area contributed by atoms with Gasteiger partial charge >= 0.3 is 12.1 Å². The molecule has 0 radical (unpaired) electrons. The van der Waals surface area contributed by atoms with E-state index in [1.807, 2.05) is 30.3 Å². The van der Waals surface area contributed by atoms with Gasteiger partial charge in [0.1, 0.15) is 34.8 Å². The van der Waals surface area contributed by atoms with Crippen LogP contribution in [0, 0.1) is 0 Å². The molecule has 2 aromatic rings. The van der Waals surface area contributed by atoms with Gasteiger partial charge in [-0.05, 0) is 89.0 Å². The van der Waals surface area contributed by atoms with Crippen LogP contribution in [-0.2, 0) is 36.3 Å². The van der Waals surface area contributed by atoms with Crippen molar-refractivity contribution in [2.24, 2.45) is 0 Å². The van der Waals surface area contributed by atoms with E-state index in [2.05, 4.69) is 57.7 Å². The lowest BCUT2D eigenvalue weighted by atomic mass is 10.0. The highest BCUT2D eigenvalue weighted by Crippen LogP contribution is 2.38. The first-order valence-electron chi connectivity index (χ1n) is 16.3. The maximum absolute atomic E-state index is 13.8. The smallest absolute Gasteiger partial charge is 0.408 e. The molecule has 0 spiro atoms. The highest BCUT2D eigenvalue weighted by molar-refractivity contribution is 6.74. The van der Waals surface area contributed by atoms with Gasteiger partial charge < -0.3 is 29.3 Å². The third-order valence-electron chi connectivity index (χ3n) is 7.65. The van der Waals surface area contributed by atoms with E-state index in [4.69, 9.17) is 18.6 Å². The Balaban J connectivity index is 2.29. The molecule has 0 heterocycles. The van der Waals surface area contributed by atoms with Gasteiger partial charge in [0.2, 0.25) is 14.2 Å². The van der Waals surface area contributed by atoms with E-state index >= 15 is 0 Å². The minimum atomic E-state index is -2.12. The number of carbonyl (C=O) groups is 3. The molecule has 2 aromatic carbocycles. The molecule has 0 saturated carbocycles. The quantitative estimate of drug-likeness (QED) is 0.0912. The lowest BCUT2D eigenvalue weighted by Crippen LogP contribution is -2.54. The van der Waals surface area contributed by atoms with E-state index in [0.717, 1.165) is 11.1 Å². The van der Waals surface area contributed by atoms with E-state index in [1.165, 1.54) is 0 Å². The molecule has 0 aromatic heterocycles. The molecule has 48 heavy (non-hydrogen) atoms. The number of benzene rings is 2. The van der Waals surface area contributed by atoms with Gasteiger partial charge in [0.25, 0.3) is 0 Å². The van der Waals surface area contributed by atoms with Crippen molar-refractivity contribution < 1.29 is 33.0 Å². The number of alkyl carbamates (subject to hydrolysis) is 1. The first-order valence-corrected chi connectivity index (χ1v) is 19.2. The molecule has 0 unspecified atom stereocenters. The number of esters is 1. The Labute approximate surface area is 288 Å². The number of hydrogen-bond donors (Lipinski definition) is 2. The maximum atomic E-state index is 13.8. The predicted molar refractivity (Wildman–Crippen MR) is 193 cm³/mol. The molecule has 3 atom stereocenters. The standard InChI is InChI=1S/C38H56N2O7Si/c1-14-32(26(2)47-48(12,13)38(9,10)11)44-29-22-20-28(21-23-29)24-30(40-35(43)46-37(6,7)8)33(41)39-31(34(42)45-36(3,4)5)25-27-18-16-15-17-19-27/h14-23,30-32H,1-2,24-25H2,3-13H3,(H,39,41)(H,40,43)/t30-,31-,32+/m0/s1. The Kier molecular flexibility index (Phi) is 13.7. The summed E-state index contributed by atoms with van der Waals surface area (Å²) in [5, 5.41) is 5.51. The third kappa shape index (κ3) is 13.6. The van der Waals surface area contributed by atoms with E-state index in [1.54, 1.807) is 71.9 Å². The highest BCUT2D eigenvalue weighted by Gasteiger charge is 2.40. The van der Waals surface area contributed by atoms with Crippen LogP contribution in [0.25, 0.3) is 0 Å². The number of hydrogen-bond acceptors (Lipinski definition) is 7. The number of nitrogens with one attached hydrogen (secondary N) is 2. The molecule has 2 rings (SSSR count). The molecule has 0 aliphatic rings. The zero-order valence-corrected chi connectivity index (χ0v) is 31.7. The largest absolute Gasteiger partial charge is 0.544 e. The fraction of sp³-hybridized carbons (Fsp3) is 0.500. The van der Waals surface area contributed by atoms with E-state index < -0.39 is 55.7 Å². The zero-order chi connectivity index (χ0) is 36.5. The maximum Gasteiger partial charge on any atom is 0.408 e. The van der Waals surface area contributed by atoms with Gasteiger partial charge in [0.15, 0.2) is 6.10 Å². The van der Waals surface area contributed by atoms with Crippen LogP contribution in [-0.4, -0.2) is 55.7 Å². The summed E-state index contributed by atoms with van der Waals surface area (Å²) in [5.74, 6) is -0.0847. The summed E-state index contributed by atoms with van der Waals surface area (Å²) in [4.78, 5) is 39.9. The van der Waals surface area contributed by atoms with Crippen molar-refractivity contribution in [2.45, 2.75) is 123 Å². The molecule has 2 N–H and O–H groups in total. The average molecular weight is 681 g/mol. The fourth-order valence-corrected chi connectivity index (χ4v) is 5.30. The first kappa shape index (κ1) is 40.1. The minimum absolute atomic E-state index is 0.00600. The van der Waals surface area contributed by atoms with Gasteiger partial charge in [-0.25, -0.2) is 9.59 Å². The van der Waals surface area contributed by atoms with Crippen molar-refractivity contribution in [3.05, 3.63) is 90.7 Å². The van der Waals surface area contributed by atoms with Gasteiger partial charge in [0, 0.05) is 12.8 Å². The molecule has 10 heteroatoms. The van der Waals surface area contributed by atoms with Crippen LogP contribution >= 0.6 is 0 Å². The van der Waals surface area contributed by atoms with E-state index in [-0.39, 0.29) is 17.9 Å². The highest BCUT2D eigenvalue weighted by atomic mass is 28.4. The summed E-state index contributed by atoms with van der Waals surface area (Å²) in [6, 6.07) is 14.4. The third-order valence-corrected chi connectivity index (χ3v) is 12.0. The first-order chi connectivity index (χ1) is 22.0. The number of ether oxygens (including phenoxy) is 3. The summed E-state index contributed by atoms with van der Waals surface area (Å²) < 4.78 is 23.6. The Morgan fingerprint density at radius 1 is 0.771 bits per heavy atom. The van der Waals surface area contributed by atoms with Gasteiger partial charge in [-0.2, -0.15) is 0 Å². The van der Waals surface area contributed by atoms with Gasteiger partial charge in [0.05, 0.1) is 0 Å². The molecular weight excluding hydrogens is 625 g/mol. The summed E-state index contributed by atoms with van der Waals surface area (Å²) in [7, 11) is -2.12. The van der Waals surface area contributed by atoms with Gasteiger partial charge in [-0.3, -0.25) is 4.79 Å². The summed E-state index contributed by atoms with van der Waals surface area (Å²) in [6.45, 7) is 29.3. The van der Waals surface area contributed by atoms with E-state index in [0.29, 0.717) is 11.5 Å². The number of rotatable bonds is 14. The molecule has 0 bridgehead atoms. The topological polar surface area (TPSA) is 112 Å². The fourth-order valence-electron chi connectivity index (χ4n) is 4.22. The molecule has 264 valence electrons. The average Bonchev–Trinajstić information content (AvgIpc) is 2.93. The van der Waals surface area contributed by atoms with Crippen LogP contribution in [0.15, 0.2) is 79.6 Å². The van der Waals surface area contributed by atoms with E-state index in [9.17, 15) is 14.4 Å². The molecule has 0 aliphatic carbocycles. The zero-order valence-electron chi connectivity index (χ0n) is 30.7. The molecule has 9 nitrogen and oxygen atoms in total. The van der Waals surface area contributed by atoms with Crippen molar-refractivity contribution >= 4 is 26.3 Å². The summed E-state index contributed by atoms with van der Waals surface area (Å²) in [6.07, 6.45) is 0.650. The second-order valence-electron chi connectivity index (χ2n) is 15.4. The van der Waals surface area contributed by atoms with Crippen molar-refractivity contribution in [2.75, 3.05) is 0 Å². The summed E-state index contributed by atoms with van der Waals surface area (Å²) in [5.41, 5.74) is 0.0389. The van der Waals surface area contributed by atoms with Crippen molar-refractivity contribution in [1.29, 1.82) is 0 Å². The molecule has 2 amide bonds. The lowest BCUT2D eigenvalue weighted by Gasteiger charge is -2.38. The monoisotopic (exact) mass is 680 g/mol. The molecule has 0 aliphatic heterocycles. The number of amides is 2. The van der Waals surface area contributed by atoms with Crippen LogP contribution in [0.2, 0.25) is 18.1 Å². The van der Waals surface area contributed by atoms with Crippen molar-refractivity contribution in [1.82, 2.24) is 10.6 Å². The lowest BCUT2D eigenvalue weighted by molar-refractivity contribution is -0.158. The Hall–Kier alpha value is -4.05. The normalized spacial score (nSPS) is 14.1. The Morgan fingerprint density at radius 2 is 1.29 bits per heavy atom. The minimum Gasteiger partial charge on any atom is -0.544 e. The Bertz CT molecular complexity index is 1400. The summed E-state index contributed by atoms with van der Waals surface area (Å²) >= 11 is 0. The second-order valence-corrected chi connectivity index (χ2v) is 20.2. The molecular formula is C38H56N2O7Si. The van der Waals surface area contributed by atoms with Crippen LogP contribution in [0.3, 0.4) is 0 Å². The molecule has 0 saturated heterocycles. The van der Waals surface area contributed by atoms with Crippen LogP contribution in [0.4, 0.5) is 4.79 Å². The predicted octanol–water partition coefficient (Wildman–Crippen LogP) is 7.66. The second kappa shape index (κ2) is 16.4. The van der Waals surface area contributed by atoms with Crippen molar-refractivity contribution in [3.8, 4) is 5.75 Å². The van der Waals surface area contributed by atoms with Crippen LogP contribution in [0.1, 0.15) is 73.4 Å². The van der Waals surface area contributed by atoms with Crippen molar-refractivity contribution in [3.63, 3.8) is 0 Å². The Morgan fingerprint density at radius 3 is 1.79 bits per heavy atom. The van der Waals surface area contributed by atoms with Crippen LogP contribution < -0.4 is 15.4 Å². The van der Waals surface area contributed by atoms with Gasteiger partial charge in [-0.1, -0.05) is 76.4 Å². The molecule has 0 fully saturated rings.